The molecule has 0 saturated carbocycles. The minimum Gasteiger partial charge on any atom is -0.481 e. The Kier molecular flexibility index (Phi) is 7.94. The molecule has 3 aromatic rings. The highest BCUT2D eigenvalue weighted by Gasteiger charge is 2.23. The van der Waals surface area contributed by atoms with E-state index in [1.807, 2.05) is 18.4 Å². The third kappa shape index (κ3) is 6.24. The smallest absolute Gasteiger partial charge is 0.305 e. The average molecular weight is 459 g/mol. The number of carboxylic acid groups (broad SMARTS) is 1. The first-order chi connectivity index (χ1) is 15.7. The number of carbonyl (C=O) groups is 1. The number of aliphatic hydroxyl groups is 2. The second-order valence-corrected chi connectivity index (χ2v) is 8.42. The van der Waals surface area contributed by atoms with Gasteiger partial charge in [-0.15, -0.1) is 0 Å². The molecule has 1 heterocycles. The Bertz CT molecular complexity index is 1080. The Hall–Kier alpha value is -3.10. The van der Waals surface area contributed by atoms with Crippen LogP contribution in [-0.2, 0) is 11.3 Å². The number of aliphatic carboxylic acids is 1. The van der Waals surface area contributed by atoms with Crippen molar-refractivity contribution in [3.05, 3.63) is 66.0 Å². The molecule has 3 N–H and O–H groups in total. The molecule has 0 aliphatic carbocycles. The molecule has 3 rings (SSSR count). The Morgan fingerprint density at radius 2 is 1.48 bits per heavy atom. The summed E-state index contributed by atoms with van der Waals surface area (Å²) in [4.78, 5) is 15.6. The Balaban J connectivity index is 2.01. The molecule has 33 heavy (non-hydrogen) atoms. The summed E-state index contributed by atoms with van der Waals surface area (Å²) >= 11 is 0. The van der Waals surface area contributed by atoms with Crippen molar-refractivity contribution in [1.82, 2.24) is 9.55 Å². The van der Waals surface area contributed by atoms with Gasteiger partial charge in [0, 0.05) is 23.6 Å². The van der Waals surface area contributed by atoms with Crippen LogP contribution in [-0.4, -0.2) is 43.0 Å². The van der Waals surface area contributed by atoms with E-state index in [1.54, 1.807) is 24.3 Å². The number of rotatable bonds is 10. The summed E-state index contributed by atoms with van der Waals surface area (Å²) in [5, 5.41) is 29.0. The highest BCUT2D eigenvalue weighted by Crippen LogP contribution is 2.35. The van der Waals surface area contributed by atoms with E-state index in [9.17, 15) is 23.8 Å². The van der Waals surface area contributed by atoms with E-state index in [0.29, 0.717) is 23.5 Å². The molecule has 8 heteroatoms. The minimum absolute atomic E-state index is 0.0214. The van der Waals surface area contributed by atoms with Gasteiger partial charge in [0.25, 0.3) is 0 Å². The first kappa shape index (κ1) is 24.5. The zero-order valence-corrected chi connectivity index (χ0v) is 18.6. The standard InChI is InChI=1S/C25H28F2N2O4/c1-15(2)25-28-23(16-3-7-18(26)8-4-16)24(17-5-9-19(27)10-6-17)29(25)12-11-20(30)13-21(31)14-22(32)33/h3-10,15,20-21,30-31H,11-14H2,1-2H3,(H,32,33)/t20-,21-/m1/s1. The second-order valence-electron chi connectivity index (χ2n) is 8.42. The quantitative estimate of drug-likeness (QED) is 0.413. The van der Waals surface area contributed by atoms with Crippen LogP contribution in [0.3, 0.4) is 0 Å². The monoisotopic (exact) mass is 458 g/mol. The van der Waals surface area contributed by atoms with Gasteiger partial charge in [-0.2, -0.15) is 0 Å². The molecular weight excluding hydrogens is 430 g/mol. The van der Waals surface area contributed by atoms with Gasteiger partial charge in [0.15, 0.2) is 0 Å². The first-order valence-electron chi connectivity index (χ1n) is 10.9. The van der Waals surface area contributed by atoms with Gasteiger partial charge in [-0.3, -0.25) is 4.79 Å². The van der Waals surface area contributed by atoms with Gasteiger partial charge in [-0.25, -0.2) is 13.8 Å². The van der Waals surface area contributed by atoms with Gasteiger partial charge in [-0.05, 0) is 61.4 Å². The topological polar surface area (TPSA) is 95.6 Å². The van der Waals surface area contributed by atoms with E-state index in [1.165, 1.54) is 24.3 Å². The largest absolute Gasteiger partial charge is 0.481 e. The van der Waals surface area contributed by atoms with Gasteiger partial charge < -0.3 is 19.9 Å². The number of hydrogen-bond donors (Lipinski definition) is 3. The van der Waals surface area contributed by atoms with Crippen LogP contribution in [0, 0.1) is 11.6 Å². The predicted octanol–water partition coefficient (Wildman–Crippen LogP) is 4.60. The molecule has 2 aromatic carbocycles. The van der Waals surface area contributed by atoms with Crippen molar-refractivity contribution in [1.29, 1.82) is 0 Å². The van der Waals surface area contributed by atoms with E-state index in [2.05, 4.69) is 0 Å². The lowest BCUT2D eigenvalue weighted by Crippen LogP contribution is -2.22. The number of aromatic nitrogens is 2. The van der Waals surface area contributed by atoms with Crippen LogP contribution in [0.4, 0.5) is 8.78 Å². The average Bonchev–Trinajstić information content (AvgIpc) is 3.12. The molecule has 1 aromatic heterocycles. The summed E-state index contributed by atoms with van der Waals surface area (Å²) in [5.41, 5.74) is 2.75. The Morgan fingerprint density at radius 1 is 0.939 bits per heavy atom. The first-order valence-corrected chi connectivity index (χ1v) is 10.9. The maximum atomic E-state index is 13.6. The van der Waals surface area contributed by atoms with E-state index < -0.39 is 24.6 Å². The third-order valence-electron chi connectivity index (χ3n) is 5.39. The zero-order valence-electron chi connectivity index (χ0n) is 18.6. The van der Waals surface area contributed by atoms with Crippen molar-refractivity contribution in [2.24, 2.45) is 0 Å². The number of hydrogen-bond acceptors (Lipinski definition) is 4. The summed E-state index contributed by atoms with van der Waals surface area (Å²) in [6.07, 6.45) is -2.30. The molecule has 2 atom stereocenters. The van der Waals surface area contributed by atoms with Crippen LogP contribution >= 0.6 is 0 Å². The predicted molar refractivity (Wildman–Crippen MR) is 121 cm³/mol. The SMILES string of the molecule is CC(C)c1nc(-c2ccc(F)cc2)c(-c2ccc(F)cc2)n1CC[C@@H](O)C[C@@H](O)CC(=O)O. The van der Waals surface area contributed by atoms with Crippen molar-refractivity contribution in [2.75, 3.05) is 0 Å². The van der Waals surface area contributed by atoms with E-state index in [-0.39, 0.29) is 30.4 Å². The molecule has 0 bridgehead atoms. The van der Waals surface area contributed by atoms with Crippen LogP contribution < -0.4 is 0 Å². The molecule has 0 aliphatic rings. The third-order valence-corrected chi connectivity index (χ3v) is 5.39. The number of benzene rings is 2. The summed E-state index contributed by atoms with van der Waals surface area (Å²) in [6.45, 7) is 4.30. The van der Waals surface area contributed by atoms with E-state index in [4.69, 9.17) is 10.1 Å². The van der Waals surface area contributed by atoms with Crippen molar-refractivity contribution in [2.45, 2.75) is 57.8 Å². The molecule has 6 nitrogen and oxygen atoms in total. The van der Waals surface area contributed by atoms with Crippen molar-refractivity contribution in [3.63, 3.8) is 0 Å². The molecule has 176 valence electrons. The van der Waals surface area contributed by atoms with Crippen LogP contribution in [0.5, 0.6) is 0 Å². The maximum Gasteiger partial charge on any atom is 0.305 e. The highest BCUT2D eigenvalue weighted by molar-refractivity contribution is 5.79. The van der Waals surface area contributed by atoms with Gasteiger partial charge in [0.2, 0.25) is 0 Å². The minimum atomic E-state index is -1.14. The van der Waals surface area contributed by atoms with Gasteiger partial charge in [0.1, 0.15) is 17.5 Å². The molecule has 0 unspecified atom stereocenters. The maximum absolute atomic E-state index is 13.6. The zero-order chi connectivity index (χ0) is 24.1. The number of imidazole rings is 1. The van der Waals surface area contributed by atoms with Gasteiger partial charge >= 0.3 is 5.97 Å². The second kappa shape index (κ2) is 10.7. The van der Waals surface area contributed by atoms with Gasteiger partial charge in [0.05, 0.1) is 30.0 Å². The molecule has 0 radical (unpaired) electrons. The van der Waals surface area contributed by atoms with Crippen molar-refractivity contribution >= 4 is 5.97 Å². The Morgan fingerprint density at radius 3 is 2.00 bits per heavy atom. The number of aliphatic hydroxyl groups excluding tert-OH is 2. The highest BCUT2D eigenvalue weighted by atomic mass is 19.1. The fourth-order valence-corrected chi connectivity index (χ4v) is 3.84. The van der Waals surface area contributed by atoms with Gasteiger partial charge in [-0.1, -0.05) is 13.8 Å². The lowest BCUT2D eigenvalue weighted by atomic mass is 10.0. The molecule has 0 spiro atoms. The summed E-state index contributed by atoms with van der Waals surface area (Å²) in [5.74, 6) is -1.11. The normalized spacial score (nSPS) is 13.3. The molecule has 0 fully saturated rings. The van der Waals surface area contributed by atoms with E-state index >= 15 is 0 Å². The summed E-state index contributed by atoms with van der Waals surface area (Å²) in [6, 6.07) is 12.0. The lowest BCUT2D eigenvalue weighted by Gasteiger charge is -2.18. The fraction of sp³-hybridized carbons (Fsp3) is 0.360. The van der Waals surface area contributed by atoms with Crippen LogP contribution in [0.25, 0.3) is 22.5 Å². The summed E-state index contributed by atoms with van der Waals surface area (Å²) < 4.78 is 29.1. The van der Waals surface area contributed by atoms with Crippen LogP contribution in [0.15, 0.2) is 48.5 Å². The number of carboxylic acids is 1. The van der Waals surface area contributed by atoms with Crippen LogP contribution in [0.2, 0.25) is 0 Å². The van der Waals surface area contributed by atoms with E-state index in [0.717, 1.165) is 11.4 Å². The fourth-order valence-electron chi connectivity index (χ4n) is 3.84. The molecule has 0 saturated heterocycles. The number of halogens is 2. The molecular formula is C25H28F2N2O4. The van der Waals surface area contributed by atoms with Crippen molar-refractivity contribution in [3.8, 4) is 22.5 Å². The summed E-state index contributed by atoms with van der Waals surface area (Å²) in [7, 11) is 0. The van der Waals surface area contributed by atoms with Crippen LogP contribution in [0.1, 0.15) is 44.9 Å². The van der Waals surface area contributed by atoms with Crippen molar-refractivity contribution < 1.29 is 28.9 Å². The Labute approximate surface area is 191 Å². The molecule has 0 aliphatic heterocycles. The molecule has 0 amide bonds. The lowest BCUT2D eigenvalue weighted by molar-refractivity contribution is -0.139. The number of nitrogens with zero attached hydrogens (tertiary/aromatic N) is 2.